The van der Waals surface area contributed by atoms with Crippen molar-refractivity contribution in [1.29, 1.82) is 0 Å². The molecule has 1 rings (SSSR count). The van der Waals surface area contributed by atoms with Gasteiger partial charge in [-0.2, -0.15) is 0 Å². The van der Waals surface area contributed by atoms with Crippen molar-refractivity contribution >= 4 is 0 Å². The Hall–Kier alpha value is -0.540. The molecule has 1 aliphatic heterocycles. The first-order chi connectivity index (χ1) is 7.43. The van der Waals surface area contributed by atoms with Crippen molar-refractivity contribution in [2.45, 2.75) is 38.7 Å². The molecule has 1 aliphatic rings. The molecule has 0 radical (unpaired) electrons. The van der Waals surface area contributed by atoms with Crippen molar-refractivity contribution in [3.05, 3.63) is 12.3 Å². The van der Waals surface area contributed by atoms with Gasteiger partial charge in [-0.05, 0) is 38.3 Å². The maximum atomic E-state index is 5.45. The average Bonchev–Trinajstić information content (AvgIpc) is 2.29. The van der Waals surface area contributed by atoms with E-state index in [2.05, 4.69) is 18.3 Å². The Morgan fingerprint density at radius 3 is 3.13 bits per heavy atom. The van der Waals surface area contributed by atoms with E-state index in [9.17, 15) is 0 Å². The Labute approximate surface area is 92.8 Å². The molecule has 15 heavy (non-hydrogen) atoms. The summed E-state index contributed by atoms with van der Waals surface area (Å²) < 4.78 is 10.8. The fourth-order valence-electron chi connectivity index (χ4n) is 1.54. The molecule has 1 N–H and O–H groups in total. The number of allylic oxidation sites excluding steroid dienone is 1. The van der Waals surface area contributed by atoms with E-state index in [0.29, 0.717) is 6.10 Å². The van der Waals surface area contributed by atoms with Gasteiger partial charge in [-0.3, -0.25) is 0 Å². The van der Waals surface area contributed by atoms with Gasteiger partial charge in [0.15, 0.2) is 0 Å². The molecule has 0 saturated carbocycles. The highest BCUT2D eigenvalue weighted by Crippen LogP contribution is 2.08. The summed E-state index contributed by atoms with van der Waals surface area (Å²) in [7, 11) is 0. The van der Waals surface area contributed by atoms with Crippen molar-refractivity contribution in [3.8, 4) is 0 Å². The van der Waals surface area contributed by atoms with Crippen LogP contribution >= 0.6 is 0 Å². The highest BCUT2D eigenvalue weighted by Gasteiger charge is 2.09. The number of hydrogen-bond acceptors (Lipinski definition) is 3. The largest absolute Gasteiger partial charge is 0.497 e. The number of hydrogen-bond donors (Lipinski definition) is 1. The lowest BCUT2D eigenvalue weighted by molar-refractivity contribution is 0.116. The zero-order chi connectivity index (χ0) is 10.8. The minimum absolute atomic E-state index is 0.367. The minimum atomic E-state index is 0.367. The van der Waals surface area contributed by atoms with Crippen LogP contribution in [0.4, 0.5) is 0 Å². The van der Waals surface area contributed by atoms with Crippen molar-refractivity contribution in [1.82, 2.24) is 5.32 Å². The summed E-state index contributed by atoms with van der Waals surface area (Å²) in [5.74, 6) is 0. The Balaban J connectivity index is 1.82. The molecule has 88 valence electrons. The minimum Gasteiger partial charge on any atom is -0.497 e. The summed E-state index contributed by atoms with van der Waals surface area (Å²) in [6.45, 7) is 5.86. The van der Waals surface area contributed by atoms with Gasteiger partial charge in [0.2, 0.25) is 0 Å². The van der Waals surface area contributed by atoms with Crippen LogP contribution in [0.1, 0.15) is 32.6 Å². The van der Waals surface area contributed by atoms with Crippen LogP contribution in [0.15, 0.2) is 12.3 Å². The highest BCUT2D eigenvalue weighted by atomic mass is 16.5. The summed E-state index contributed by atoms with van der Waals surface area (Å²) in [6.07, 6.45) is 8.74. The molecule has 1 atom stereocenters. The fraction of sp³-hybridized carbons (Fsp3) is 0.833. The lowest BCUT2D eigenvalue weighted by atomic mass is 10.1. The molecule has 0 aliphatic carbocycles. The zero-order valence-corrected chi connectivity index (χ0v) is 9.71. The van der Waals surface area contributed by atoms with Crippen LogP contribution < -0.4 is 5.32 Å². The molecule has 0 spiro atoms. The molecule has 0 aromatic rings. The first-order valence-corrected chi connectivity index (χ1v) is 6.02. The summed E-state index contributed by atoms with van der Waals surface area (Å²) in [5.41, 5.74) is 0. The van der Waals surface area contributed by atoms with E-state index in [1.165, 1.54) is 0 Å². The predicted molar refractivity (Wildman–Crippen MR) is 61.8 cm³/mol. The topological polar surface area (TPSA) is 30.5 Å². The number of rotatable bonds is 8. The van der Waals surface area contributed by atoms with Gasteiger partial charge in [-0.25, -0.2) is 0 Å². The van der Waals surface area contributed by atoms with E-state index in [1.54, 1.807) is 0 Å². The van der Waals surface area contributed by atoms with Crippen molar-refractivity contribution in [2.24, 2.45) is 0 Å². The van der Waals surface area contributed by atoms with E-state index in [4.69, 9.17) is 9.47 Å². The van der Waals surface area contributed by atoms with Gasteiger partial charge in [0, 0.05) is 19.8 Å². The third-order valence-electron chi connectivity index (χ3n) is 2.39. The van der Waals surface area contributed by atoms with Crippen LogP contribution in [0, 0.1) is 0 Å². The molecule has 0 fully saturated rings. The summed E-state index contributed by atoms with van der Waals surface area (Å²) >= 11 is 0. The SMILES string of the molecule is CCCOCCCNCC1CCC=CO1. The Morgan fingerprint density at radius 2 is 2.40 bits per heavy atom. The van der Waals surface area contributed by atoms with Crippen molar-refractivity contribution in [2.75, 3.05) is 26.3 Å². The molecular formula is C12H23NO2. The lowest BCUT2D eigenvalue weighted by Gasteiger charge is -2.19. The smallest absolute Gasteiger partial charge is 0.110 e. The van der Waals surface area contributed by atoms with Crippen LogP contribution in [-0.2, 0) is 9.47 Å². The lowest BCUT2D eigenvalue weighted by Crippen LogP contribution is -2.30. The maximum Gasteiger partial charge on any atom is 0.110 e. The molecule has 1 unspecified atom stereocenters. The molecule has 0 saturated heterocycles. The van der Waals surface area contributed by atoms with Crippen LogP contribution in [0.5, 0.6) is 0 Å². The van der Waals surface area contributed by atoms with Crippen molar-refractivity contribution < 1.29 is 9.47 Å². The van der Waals surface area contributed by atoms with E-state index in [-0.39, 0.29) is 0 Å². The molecule has 0 bridgehead atoms. The van der Waals surface area contributed by atoms with Gasteiger partial charge < -0.3 is 14.8 Å². The third kappa shape index (κ3) is 6.52. The highest BCUT2D eigenvalue weighted by molar-refractivity contribution is 4.82. The second-order valence-electron chi connectivity index (χ2n) is 3.88. The Morgan fingerprint density at radius 1 is 1.47 bits per heavy atom. The number of ether oxygens (including phenoxy) is 2. The Bertz CT molecular complexity index is 171. The molecular weight excluding hydrogens is 190 g/mol. The third-order valence-corrected chi connectivity index (χ3v) is 2.39. The van der Waals surface area contributed by atoms with Crippen LogP contribution in [0.2, 0.25) is 0 Å². The summed E-state index contributed by atoms with van der Waals surface area (Å²) in [5, 5.41) is 3.39. The van der Waals surface area contributed by atoms with Gasteiger partial charge in [0.05, 0.1) is 6.26 Å². The van der Waals surface area contributed by atoms with E-state index >= 15 is 0 Å². The van der Waals surface area contributed by atoms with E-state index in [0.717, 1.165) is 52.0 Å². The fourth-order valence-corrected chi connectivity index (χ4v) is 1.54. The van der Waals surface area contributed by atoms with Gasteiger partial charge in [-0.15, -0.1) is 0 Å². The molecule has 3 nitrogen and oxygen atoms in total. The quantitative estimate of drug-likeness (QED) is 0.626. The van der Waals surface area contributed by atoms with E-state index in [1.807, 2.05) is 6.26 Å². The zero-order valence-electron chi connectivity index (χ0n) is 9.71. The first-order valence-electron chi connectivity index (χ1n) is 6.02. The Kier molecular flexibility index (Phi) is 7.30. The molecule has 1 heterocycles. The number of nitrogens with one attached hydrogen (secondary N) is 1. The second-order valence-corrected chi connectivity index (χ2v) is 3.88. The maximum absolute atomic E-state index is 5.45. The van der Waals surface area contributed by atoms with Gasteiger partial charge in [0.25, 0.3) is 0 Å². The van der Waals surface area contributed by atoms with Gasteiger partial charge in [-0.1, -0.05) is 6.92 Å². The summed E-state index contributed by atoms with van der Waals surface area (Å²) in [6, 6.07) is 0. The van der Waals surface area contributed by atoms with Crippen molar-refractivity contribution in [3.63, 3.8) is 0 Å². The monoisotopic (exact) mass is 213 g/mol. The van der Waals surface area contributed by atoms with Crippen LogP contribution in [0.25, 0.3) is 0 Å². The van der Waals surface area contributed by atoms with Crippen LogP contribution in [0.3, 0.4) is 0 Å². The predicted octanol–water partition coefficient (Wildman–Crippen LogP) is 2.09. The second kappa shape index (κ2) is 8.74. The summed E-state index contributed by atoms with van der Waals surface area (Å²) in [4.78, 5) is 0. The van der Waals surface area contributed by atoms with Gasteiger partial charge >= 0.3 is 0 Å². The molecule has 0 amide bonds. The normalized spacial score (nSPS) is 20.2. The van der Waals surface area contributed by atoms with Crippen LogP contribution in [-0.4, -0.2) is 32.4 Å². The molecule has 3 heteroatoms. The van der Waals surface area contributed by atoms with Gasteiger partial charge in [0.1, 0.15) is 6.10 Å². The standard InChI is InChI=1S/C12H23NO2/c1-2-8-14-9-5-7-13-11-12-6-3-4-10-15-12/h4,10,12-13H,2-3,5-9,11H2,1H3. The average molecular weight is 213 g/mol. The van der Waals surface area contributed by atoms with E-state index < -0.39 is 0 Å². The molecule has 0 aromatic heterocycles. The molecule has 0 aromatic carbocycles. The first kappa shape index (κ1) is 12.5.